The molecular weight excluding hydrogens is 288 g/mol. The van der Waals surface area contributed by atoms with Gasteiger partial charge in [-0.3, -0.25) is 15.0 Å². The van der Waals surface area contributed by atoms with Crippen LogP contribution in [0.1, 0.15) is 26.2 Å². The Labute approximate surface area is 109 Å². The first kappa shape index (κ1) is 16.0. The first-order valence-corrected chi connectivity index (χ1v) is 6.25. The predicted molar refractivity (Wildman–Crippen MR) is 68.1 cm³/mol. The molecule has 0 aromatic carbocycles. The van der Waals surface area contributed by atoms with E-state index in [0.29, 0.717) is 17.5 Å². The molecule has 0 saturated heterocycles. The van der Waals surface area contributed by atoms with Crippen molar-refractivity contribution >= 4 is 33.4 Å². The van der Waals surface area contributed by atoms with Gasteiger partial charge in [0.2, 0.25) is 0 Å². The average molecular weight is 306 g/mol. The van der Waals surface area contributed by atoms with Crippen molar-refractivity contribution in [2.24, 2.45) is 0 Å². The standard InChI is InChI=1S/C11H17BrN2O3/c1-3-17-10(16)6-4-5-9(15)11(13)8(12)7-14-2/h7,13-14H,3-6H2,1-2H3/p+1/b8-7+,13-11?. The van der Waals surface area contributed by atoms with Crippen LogP contribution in [0, 0.1) is 5.41 Å². The molecule has 0 aliphatic heterocycles. The second-order valence-corrected chi connectivity index (χ2v) is 4.16. The molecule has 0 fully saturated rings. The molecular formula is C11H18BrN2O3+. The number of Topliss-reactive ketones (excluding diaryl/α,β-unsaturated/α-hetero) is 1. The van der Waals surface area contributed by atoms with E-state index >= 15 is 0 Å². The molecule has 0 heterocycles. The van der Waals surface area contributed by atoms with Crippen LogP contribution in [0.15, 0.2) is 10.7 Å². The van der Waals surface area contributed by atoms with Gasteiger partial charge in [-0.2, -0.15) is 0 Å². The summed E-state index contributed by atoms with van der Waals surface area (Å²) in [4.78, 5) is 22.6. The van der Waals surface area contributed by atoms with Gasteiger partial charge in [-0.05, 0) is 29.3 Å². The minimum atomic E-state index is -0.302. The highest BCUT2D eigenvalue weighted by molar-refractivity contribution is 9.12. The summed E-state index contributed by atoms with van der Waals surface area (Å²) in [6.45, 7) is 2.09. The van der Waals surface area contributed by atoms with Crippen molar-refractivity contribution in [2.75, 3.05) is 13.7 Å². The number of rotatable bonds is 8. The number of ketones is 1. The van der Waals surface area contributed by atoms with Gasteiger partial charge < -0.3 is 10.1 Å². The Morgan fingerprint density at radius 2 is 2.06 bits per heavy atom. The van der Waals surface area contributed by atoms with Crippen LogP contribution in [0.3, 0.4) is 0 Å². The zero-order valence-corrected chi connectivity index (χ0v) is 11.7. The molecule has 0 bridgehead atoms. The third-order valence-corrected chi connectivity index (χ3v) is 2.58. The number of allylic oxidation sites excluding steroid dienone is 1. The molecule has 0 rings (SSSR count). The number of carbonyl (C=O) groups is 2. The van der Waals surface area contributed by atoms with Gasteiger partial charge in [-0.1, -0.05) is 0 Å². The van der Waals surface area contributed by atoms with Gasteiger partial charge in [0.25, 0.3) is 0 Å². The van der Waals surface area contributed by atoms with E-state index in [0.717, 1.165) is 0 Å². The fraction of sp³-hybridized carbons (Fsp3) is 0.545. The van der Waals surface area contributed by atoms with Crippen molar-refractivity contribution in [3.05, 3.63) is 10.7 Å². The topological polar surface area (TPSA) is 83.8 Å². The molecule has 0 amide bonds. The van der Waals surface area contributed by atoms with E-state index in [9.17, 15) is 9.59 Å². The van der Waals surface area contributed by atoms with Crippen LogP contribution in [0.5, 0.6) is 0 Å². The molecule has 0 aromatic rings. The van der Waals surface area contributed by atoms with Gasteiger partial charge in [0.05, 0.1) is 18.1 Å². The third kappa shape index (κ3) is 7.01. The van der Waals surface area contributed by atoms with E-state index in [-0.39, 0.29) is 30.3 Å². The minimum Gasteiger partial charge on any atom is -0.466 e. The van der Waals surface area contributed by atoms with E-state index in [1.54, 1.807) is 25.5 Å². The smallest absolute Gasteiger partial charge is 0.305 e. The predicted octanol–water partition coefficient (Wildman–Crippen LogP) is 0.738. The summed E-state index contributed by atoms with van der Waals surface area (Å²) in [5, 5.41) is 9.31. The van der Waals surface area contributed by atoms with Crippen molar-refractivity contribution in [3.63, 3.8) is 0 Å². The van der Waals surface area contributed by atoms with Crippen LogP contribution >= 0.6 is 15.9 Å². The summed E-state index contributed by atoms with van der Waals surface area (Å²) in [7, 11) is 1.81. The van der Waals surface area contributed by atoms with Crippen molar-refractivity contribution in [1.29, 1.82) is 5.41 Å². The molecule has 96 valence electrons. The SMILES string of the molecule is CCOC(=O)CCCC(=O)C(=N)/C(Br)=C\[NH2+]C. The Kier molecular flexibility index (Phi) is 8.53. The lowest BCUT2D eigenvalue weighted by molar-refractivity contribution is -0.556. The fourth-order valence-corrected chi connectivity index (χ4v) is 1.60. The fourth-order valence-electron chi connectivity index (χ4n) is 1.11. The molecule has 6 heteroatoms. The number of quaternary nitrogens is 1. The van der Waals surface area contributed by atoms with Crippen molar-refractivity contribution in [1.82, 2.24) is 0 Å². The summed E-state index contributed by atoms with van der Waals surface area (Å²) in [6.07, 6.45) is 2.46. The van der Waals surface area contributed by atoms with Crippen molar-refractivity contribution < 1.29 is 19.6 Å². The quantitative estimate of drug-likeness (QED) is 0.512. The van der Waals surface area contributed by atoms with Crippen LogP contribution in [0.25, 0.3) is 0 Å². The van der Waals surface area contributed by atoms with Gasteiger partial charge in [0.15, 0.2) is 5.78 Å². The normalized spacial score (nSPS) is 11.1. The summed E-state index contributed by atoms with van der Waals surface area (Å²) in [5.74, 6) is -0.581. The zero-order chi connectivity index (χ0) is 13.3. The van der Waals surface area contributed by atoms with Gasteiger partial charge in [-0.15, -0.1) is 0 Å². The zero-order valence-electron chi connectivity index (χ0n) is 10.1. The third-order valence-electron chi connectivity index (χ3n) is 1.92. The highest BCUT2D eigenvalue weighted by Gasteiger charge is 2.14. The van der Waals surface area contributed by atoms with E-state index in [2.05, 4.69) is 15.9 Å². The first-order chi connectivity index (χ1) is 8.02. The summed E-state index contributed by atoms with van der Waals surface area (Å²) < 4.78 is 5.20. The number of hydrogen-bond acceptors (Lipinski definition) is 4. The number of nitrogens with two attached hydrogens (primary N) is 1. The summed E-state index contributed by atoms with van der Waals surface area (Å²) in [6, 6.07) is 0. The van der Waals surface area contributed by atoms with Crippen molar-refractivity contribution in [2.45, 2.75) is 26.2 Å². The average Bonchev–Trinajstić information content (AvgIpc) is 2.28. The number of esters is 1. The molecule has 0 atom stereocenters. The van der Waals surface area contributed by atoms with Gasteiger partial charge >= 0.3 is 5.97 Å². The Bertz CT molecular complexity index is 327. The van der Waals surface area contributed by atoms with Gasteiger partial charge in [0, 0.05) is 12.8 Å². The van der Waals surface area contributed by atoms with Gasteiger partial charge in [-0.25, -0.2) is 0 Å². The second-order valence-electron chi connectivity index (χ2n) is 3.30. The molecule has 0 unspecified atom stereocenters. The second kappa shape index (κ2) is 9.07. The van der Waals surface area contributed by atoms with E-state index in [4.69, 9.17) is 10.1 Å². The van der Waals surface area contributed by atoms with Crippen LogP contribution in [0.4, 0.5) is 0 Å². The monoisotopic (exact) mass is 305 g/mol. The highest BCUT2D eigenvalue weighted by Crippen LogP contribution is 2.08. The maximum Gasteiger partial charge on any atom is 0.305 e. The van der Waals surface area contributed by atoms with Gasteiger partial charge in [0.1, 0.15) is 11.9 Å². The van der Waals surface area contributed by atoms with E-state index in [1.165, 1.54) is 0 Å². The molecule has 5 nitrogen and oxygen atoms in total. The number of carbonyl (C=O) groups excluding carboxylic acids is 2. The molecule has 0 aliphatic carbocycles. The maximum absolute atomic E-state index is 11.5. The Morgan fingerprint density at radius 3 is 2.59 bits per heavy atom. The molecule has 0 spiro atoms. The first-order valence-electron chi connectivity index (χ1n) is 5.45. The summed E-state index contributed by atoms with van der Waals surface area (Å²) in [5.41, 5.74) is -0.0630. The lowest BCUT2D eigenvalue weighted by Gasteiger charge is -2.02. The van der Waals surface area contributed by atoms with Crippen LogP contribution in [-0.2, 0) is 14.3 Å². The Balaban J connectivity index is 3.99. The molecule has 0 aliphatic rings. The van der Waals surface area contributed by atoms with Crippen LogP contribution in [0.2, 0.25) is 0 Å². The lowest BCUT2D eigenvalue weighted by Crippen LogP contribution is -2.73. The molecule has 3 N–H and O–H groups in total. The Morgan fingerprint density at radius 1 is 1.41 bits per heavy atom. The number of nitrogens with one attached hydrogen (secondary N) is 1. The van der Waals surface area contributed by atoms with Crippen molar-refractivity contribution in [3.8, 4) is 0 Å². The molecule has 17 heavy (non-hydrogen) atoms. The number of ether oxygens (including phenoxy) is 1. The number of halogens is 1. The van der Waals surface area contributed by atoms with E-state index < -0.39 is 0 Å². The molecule has 0 saturated carbocycles. The molecule has 0 radical (unpaired) electrons. The van der Waals surface area contributed by atoms with E-state index in [1.807, 2.05) is 0 Å². The number of hydrogen-bond donors (Lipinski definition) is 2. The van der Waals surface area contributed by atoms with Crippen LogP contribution < -0.4 is 5.32 Å². The van der Waals surface area contributed by atoms with Crippen LogP contribution in [-0.4, -0.2) is 31.1 Å². The Hall–Kier alpha value is -1.01. The largest absolute Gasteiger partial charge is 0.466 e. The maximum atomic E-state index is 11.5. The lowest BCUT2D eigenvalue weighted by atomic mass is 10.1. The molecule has 0 aromatic heterocycles. The minimum absolute atomic E-state index is 0.0630. The summed E-state index contributed by atoms with van der Waals surface area (Å²) >= 11 is 3.14. The highest BCUT2D eigenvalue weighted by atomic mass is 79.9.